The lowest BCUT2D eigenvalue weighted by Gasteiger charge is -1.97. The highest BCUT2D eigenvalue weighted by molar-refractivity contribution is 7.98. The van der Waals surface area contributed by atoms with Gasteiger partial charge in [0.2, 0.25) is 0 Å². The lowest BCUT2D eigenvalue weighted by atomic mass is 10.2. The average Bonchev–Trinajstić information content (AvgIpc) is 1.98. The highest BCUT2D eigenvalue weighted by Gasteiger charge is 1.87. The van der Waals surface area contributed by atoms with E-state index in [-0.39, 0.29) is 0 Å². The van der Waals surface area contributed by atoms with Crippen LogP contribution in [0.3, 0.4) is 0 Å². The van der Waals surface area contributed by atoms with Crippen molar-refractivity contribution in [1.29, 1.82) is 0 Å². The number of hydrogen-bond donors (Lipinski definition) is 0. The highest BCUT2D eigenvalue weighted by Crippen LogP contribution is 2.07. The molecule has 0 aliphatic rings. The monoisotopic (exact) mass is 156 g/mol. The Morgan fingerprint density at radius 1 is 1.40 bits per heavy atom. The molecule has 0 nitrogen and oxygen atoms in total. The first-order valence-electron chi connectivity index (χ1n) is 3.62. The standard InChI is InChI=1S/C9H16S/c1-4-6-9(5-2)7-8-10-3/h4-6H,7-8H2,1-3H3/b6-4-,9-5+. The first-order valence-corrected chi connectivity index (χ1v) is 5.01. The van der Waals surface area contributed by atoms with Crippen LogP contribution in [0.25, 0.3) is 0 Å². The molecule has 0 atom stereocenters. The highest BCUT2D eigenvalue weighted by atomic mass is 32.2. The Hall–Kier alpha value is -0.170. The molecule has 0 N–H and O–H groups in total. The fourth-order valence-electron chi connectivity index (χ4n) is 0.758. The van der Waals surface area contributed by atoms with Crippen LogP contribution in [0.5, 0.6) is 0 Å². The zero-order valence-electron chi connectivity index (χ0n) is 7.05. The van der Waals surface area contributed by atoms with E-state index in [0.29, 0.717) is 0 Å². The first kappa shape index (κ1) is 9.83. The van der Waals surface area contributed by atoms with Crippen LogP contribution in [0.4, 0.5) is 0 Å². The van der Waals surface area contributed by atoms with Crippen LogP contribution >= 0.6 is 11.8 Å². The summed E-state index contributed by atoms with van der Waals surface area (Å²) in [5, 5.41) is 0. The minimum atomic E-state index is 1.20. The minimum absolute atomic E-state index is 1.20. The van der Waals surface area contributed by atoms with E-state index in [0.717, 1.165) is 0 Å². The van der Waals surface area contributed by atoms with Crippen LogP contribution in [-0.2, 0) is 0 Å². The molecule has 0 aliphatic carbocycles. The maximum absolute atomic E-state index is 2.18. The normalized spacial score (nSPS) is 12.9. The van der Waals surface area contributed by atoms with Crippen LogP contribution < -0.4 is 0 Å². The van der Waals surface area contributed by atoms with Crippen molar-refractivity contribution in [3.05, 3.63) is 23.8 Å². The van der Waals surface area contributed by atoms with Crippen molar-refractivity contribution < 1.29 is 0 Å². The third-order valence-corrected chi connectivity index (χ3v) is 1.96. The van der Waals surface area contributed by atoms with Crippen LogP contribution in [0.15, 0.2) is 23.8 Å². The number of hydrogen-bond acceptors (Lipinski definition) is 1. The molecule has 0 spiro atoms. The van der Waals surface area contributed by atoms with Crippen molar-refractivity contribution in [2.45, 2.75) is 20.3 Å². The Morgan fingerprint density at radius 3 is 2.50 bits per heavy atom. The molecule has 0 unspecified atom stereocenters. The molecule has 0 aromatic carbocycles. The fourth-order valence-corrected chi connectivity index (χ4v) is 1.20. The average molecular weight is 156 g/mol. The van der Waals surface area contributed by atoms with Crippen LogP contribution in [0, 0.1) is 0 Å². The molecule has 10 heavy (non-hydrogen) atoms. The Labute approximate surface area is 68.4 Å². The molecule has 0 rings (SSSR count). The van der Waals surface area contributed by atoms with E-state index < -0.39 is 0 Å². The summed E-state index contributed by atoms with van der Waals surface area (Å²) in [7, 11) is 0. The van der Waals surface area contributed by atoms with Gasteiger partial charge >= 0.3 is 0 Å². The molecule has 0 saturated heterocycles. The first-order chi connectivity index (χ1) is 4.85. The summed E-state index contributed by atoms with van der Waals surface area (Å²) < 4.78 is 0. The maximum Gasteiger partial charge on any atom is -0.00299 e. The van der Waals surface area contributed by atoms with Crippen molar-refractivity contribution in [3.8, 4) is 0 Å². The zero-order valence-corrected chi connectivity index (χ0v) is 7.87. The van der Waals surface area contributed by atoms with E-state index in [4.69, 9.17) is 0 Å². The van der Waals surface area contributed by atoms with E-state index in [1.807, 2.05) is 11.8 Å². The Bertz CT molecular complexity index is 123. The molecule has 0 aromatic rings. The van der Waals surface area contributed by atoms with E-state index in [1.165, 1.54) is 17.7 Å². The molecule has 0 aliphatic heterocycles. The summed E-state index contributed by atoms with van der Waals surface area (Å²) in [5.74, 6) is 1.23. The van der Waals surface area contributed by atoms with E-state index in [9.17, 15) is 0 Å². The van der Waals surface area contributed by atoms with Crippen molar-refractivity contribution in [2.24, 2.45) is 0 Å². The Kier molecular flexibility index (Phi) is 6.83. The topological polar surface area (TPSA) is 0 Å². The van der Waals surface area contributed by atoms with Crippen LogP contribution in [0.1, 0.15) is 20.3 Å². The van der Waals surface area contributed by atoms with E-state index in [1.54, 1.807) is 0 Å². The number of thioether (sulfide) groups is 1. The summed E-state index contributed by atoms with van der Waals surface area (Å²) >= 11 is 1.90. The van der Waals surface area contributed by atoms with Gasteiger partial charge in [-0.3, -0.25) is 0 Å². The summed E-state index contributed by atoms with van der Waals surface area (Å²) in [6.45, 7) is 4.15. The third-order valence-electron chi connectivity index (χ3n) is 1.35. The third kappa shape index (κ3) is 4.68. The van der Waals surface area contributed by atoms with Crippen LogP contribution in [-0.4, -0.2) is 12.0 Å². The molecule has 0 bridgehead atoms. The second kappa shape index (κ2) is 6.94. The van der Waals surface area contributed by atoms with Gasteiger partial charge in [-0.2, -0.15) is 11.8 Å². The van der Waals surface area contributed by atoms with Crippen LogP contribution in [0.2, 0.25) is 0 Å². The van der Waals surface area contributed by atoms with Gasteiger partial charge in [0.15, 0.2) is 0 Å². The number of allylic oxidation sites excluding steroid dienone is 4. The van der Waals surface area contributed by atoms with Gasteiger partial charge < -0.3 is 0 Å². The van der Waals surface area contributed by atoms with Gasteiger partial charge in [0.1, 0.15) is 0 Å². The zero-order chi connectivity index (χ0) is 7.82. The second-order valence-electron chi connectivity index (χ2n) is 2.11. The quantitative estimate of drug-likeness (QED) is 0.563. The summed E-state index contributed by atoms with van der Waals surface area (Å²) in [6, 6.07) is 0. The Morgan fingerprint density at radius 2 is 2.10 bits per heavy atom. The predicted molar refractivity (Wildman–Crippen MR) is 51.6 cm³/mol. The van der Waals surface area contributed by atoms with E-state index in [2.05, 4.69) is 38.3 Å². The smallest absolute Gasteiger partial charge is 0.00299 e. The van der Waals surface area contributed by atoms with Crippen molar-refractivity contribution in [2.75, 3.05) is 12.0 Å². The minimum Gasteiger partial charge on any atom is -0.165 e. The molecule has 58 valence electrons. The predicted octanol–water partition coefficient (Wildman–Crippen LogP) is 3.26. The molecule has 0 saturated carbocycles. The van der Waals surface area contributed by atoms with Gasteiger partial charge in [0.25, 0.3) is 0 Å². The van der Waals surface area contributed by atoms with E-state index >= 15 is 0 Å². The van der Waals surface area contributed by atoms with Gasteiger partial charge in [-0.25, -0.2) is 0 Å². The lowest BCUT2D eigenvalue weighted by molar-refractivity contribution is 1.16. The maximum atomic E-state index is 2.18. The summed E-state index contributed by atoms with van der Waals surface area (Å²) in [6.07, 6.45) is 9.78. The molecular weight excluding hydrogens is 140 g/mol. The molecular formula is C9H16S. The van der Waals surface area contributed by atoms with Gasteiger partial charge in [0.05, 0.1) is 0 Å². The SMILES string of the molecule is C/C=C\C(=C/C)CCSC. The summed E-state index contributed by atoms with van der Waals surface area (Å²) in [4.78, 5) is 0. The molecule has 0 fully saturated rings. The summed E-state index contributed by atoms with van der Waals surface area (Å²) in [5.41, 5.74) is 1.44. The molecule has 0 amide bonds. The molecule has 0 aromatic heterocycles. The molecule has 1 heteroatoms. The van der Waals surface area contributed by atoms with Crippen molar-refractivity contribution in [1.82, 2.24) is 0 Å². The Balaban J connectivity index is 3.62. The lowest BCUT2D eigenvalue weighted by Crippen LogP contribution is -1.80. The second-order valence-corrected chi connectivity index (χ2v) is 3.09. The van der Waals surface area contributed by atoms with Gasteiger partial charge in [-0.05, 0) is 32.3 Å². The molecule has 0 radical (unpaired) electrons. The number of rotatable bonds is 4. The van der Waals surface area contributed by atoms with Gasteiger partial charge in [0, 0.05) is 0 Å². The van der Waals surface area contributed by atoms with Gasteiger partial charge in [-0.15, -0.1) is 0 Å². The largest absolute Gasteiger partial charge is 0.165 e. The van der Waals surface area contributed by atoms with Crippen molar-refractivity contribution in [3.63, 3.8) is 0 Å². The fraction of sp³-hybridized carbons (Fsp3) is 0.556. The van der Waals surface area contributed by atoms with Gasteiger partial charge in [-0.1, -0.05) is 23.8 Å². The van der Waals surface area contributed by atoms with Crippen molar-refractivity contribution >= 4 is 11.8 Å². The molecule has 0 heterocycles.